The zero-order valence-corrected chi connectivity index (χ0v) is 14.5. The van der Waals surface area contributed by atoms with Gasteiger partial charge >= 0.3 is 0 Å². The lowest BCUT2D eigenvalue weighted by molar-refractivity contribution is 0.0955. The molecule has 0 fully saturated rings. The molecule has 0 spiro atoms. The maximum atomic E-state index is 12.2. The lowest BCUT2D eigenvalue weighted by Gasteiger charge is -2.09. The number of nitrogens with one attached hydrogen (secondary N) is 2. The fraction of sp³-hybridized carbons (Fsp3) is 0.176. The minimum Gasteiger partial charge on any atom is -0.352 e. The normalized spacial score (nSPS) is 10.4. The lowest BCUT2D eigenvalue weighted by Crippen LogP contribution is -2.29. The molecule has 0 radical (unpaired) electrons. The van der Waals surface area contributed by atoms with Gasteiger partial charge in [-0.2, -0.15) is 0 Å². The van der Waals surface area contributed by atoms with E-state index in [0.717, 1.165) is 10.8 Å². The summed E-state index contributed by atoms with van der Waals surface area (Å²) in [5.74, 6) is 0.434. The van der Waals surface area contributed by atoms with E-state index >= 15 is 0 Å². The van der Waals surface area contributed by atoms with Gasteiger partial charge < -0.3 is 10.6 Å². The SMILES string of the molecule is CSc1nccn1-c1ccc(C(=O)NCCNc2ncccn2)cc1. The van der Waals surface area contributed by atoms with Gasteiger partial charge in [-0.25, -0.2) is 15.0 Å². The molecule has 3 aromatic rings. The zero-order chi connectivity index (χ0) is 17.5. The molecular formula is C17H18N6OS. The number of thioether (sulfide) groups is 1. The Morgan fingerprint density at radius 3 is 2.56 bits per heavy atom. The monoisotopic (exact) mass is 354 g/mol. The fourth-order valence-electron chi connectivity index (χ4n) is 2.25. The van der Waals surface area contributed by atoms with E-state index < -0.39 is 0 Å². The van der Waals surface area contributed by atoms with Gasteiger partial charge in [0, 0.05) is 49.1 Å². The van der Waals surface area contributed by atoms with Crippen molar-refractivity contribution >= 4 is 23.6 Å². The number of amides is 1. The Hall–Kier alpha value is -2.87. The quantitative estimate of drug-likeness (QED) is 0.500. The van der Waals surface area contributed by atoms with Crippen LogP contribution < -0.4 is 10.6 Å². The molecular weight excluding hydrogens is 336 g/mol. The average molecular weight is 354 g/mol. The minimum atomic E-state index is -0.113. The summed E-state index contributed by atoms with van der Waals surface area (Å²) in [6.45, 7) is 1.04. The molecule has 0 atom stereocenters. The van der Waals surface area contributed by atoms with Crippen LogP contribution in [0.5, 0.6) is 0 Å². The number of anilines is 1. The second-order valence-electron chi connectivity index (χ2n) is 5.09. The summed E-state index contributed by atoms with van der Waals surface area (Å²) in [6.07, 6.45) is 8.97. The summed E-state index contributed by atoms with van der Waals surface area (Å²) < 4.78 is 1.98. The van der Waals surface area contributed by atoms with Crippen LogP contribution in [0.15, 0.2) is 60.3 Å². The standard InChI is InChI=1S/C17H18N6OS/c1-25-17-22-11-12-23(17)14-5-3-13(4-6-14)15(24)18-9-10-21-16-19-7-2-8-20-16/h2-8,11-12H,9-10H2,1H3,(H,18,24)(H,19,20,21). The lowest BCUT2D eigenvalue weighted by atomic mass is 10.2. The number of carbonyl (C=O) groups is 1. The molecule has 0 aliphatic rings. The van der Waals surface area contributed by atoms with Crippen LogP contribution in [0.4, 0.5) is 5.95 Å². The smallest absolute Gasteiger partial charge is 0.251 e. The molecule has 1 amide bonds. The number of carbonyl (C=O) groups excluding carboxylic acids is 1. The number of nitrogens with zero attached hydrogens (tertiary/aromatic N) is 4. The average Bonchev–Trinajstić information content (AvgIpc) is 3.15. The van der Waals surface area contributed by atoms with Crippen molar-refractivity contribution in [2.24, 2.45) is 0 Å². The summed E-state index contributed by atoms with van der Waals surface area (Å²) in [7, 11) is 0. The van der Waals surface area contributed by atoms with Crippen molar-refractivity contribution in [2.75, 3.05) is 24.7 Å². The maximum absolute atomic E-state index is 12.2. The highest BCUT2D eigenvalue weighted by Gasteiger charge is 2.07. The van der Waals surface area contributed by atoms with Crippen molar-refractivity contribution in [3.63, 3.8) is 0 Å². The number of hydrogen-bond acceptors (Lipinski definition) is 6. The molecule has 3 rings (SSSR count). The molecule has 8 heteroatoms. The van der Waals surface area contributed by atoms with E-state index in [-0.39, 0.29) is 5.91 Å². The summed E-state index contributed by atoms with van der Waals surface area (Å²) in [4.78, 5) is 24.6. The molecule has 2 aromatic heterocycles. The Bertz CT molecular complexity index is 819. The molecule has 0 bridgehead atoms. The van der Waals surface area contributed by atoms with Crippen LogP contribution in [0.25, 0.3) is 5.69 Å². The highest BCUT2D eigenvalue weighted by molar-refractivity contribution is 7.98. The summed E-state index contributed by atoms with van der Waals surface area (Å²) in [5.41, 5.74) is 1.59. The fourth-order valence-corrected chi connectivity index (χ4v) is 2.78. The van der Waals surface area contributed by atoms with E-state index in [0.29, 0.717) is 24.6 Å². The highest BCUT2D eigenvalue weighted by Crippen LogP contribution is 2.18. The Balaban J connectivity index is 1.52. The van der Waals surface area contributed by atoms with E-state index in [4.69, 9.17) is 0 Å². The first kappa shape index (κ1) is 17.0. The summed E-state index contributed by atoms with van der Waals surface area (Å²) in [5, 5.41) is 6.82. The number of hydrogen-bond donors (Lipinski definition) is 2. The molecule has 2 heterocycles. The van der Waals surface area contributed by atoms with Crippen molar-refractivity contribution in [3.05, 3.63) is 60.7 Å². The molecule has 128 valence electrons. The summed E-state index contributed by atoms with van der Waals surface area (Å²) >= 11 is 1.57. The zero-order valence-electron chi connectivity index (χ0n) is 13.7. The second kappa shape index (κ2) is 8.29. The molecule has 0 aliphatic carbocycles. The highest BCUT2D eigenvalue weighted by atomic mass is 32.2. The third kappa shape index (κ3) is 4.36. The van der Waals surface area contributed by atoms with Crippen LogP contribution in [0.2, 0.25) is 0 Å². The van der Waals surface area contributed by atoms with E-state index in [2.05, 4.69) is 25.6 Å². The van der Waals surface area contributed by atoms with Gasteiger partial charge in [0.2, 0.25) is 5.95 Å². The largest absolute Gasteiger partial charge is 0.352 e. The Morgan fingerprint density at radius 2 is 1.84 bits per heavy atom. The van der Waals surface area contributed by atoms with Crippen LogP contribution in [0, 0.1) is 0 Å². The predicted molar refractivity (Wildman–Crippen MR) is 98.2 cm³/mol. The molecule has 0 aliphatic heterocycles. The van der Waals surface area contributed by atoms with Gasteiger partial charge in [0.15, 0.2) is 5.16 Å². The molecule has 2 N–H and O–H groups in total. The molecule has 25 heavy (non-hydrogen) atoms. The van der Waals surface area contributed by atoms with Crippen LogP contribution in [0.1, 0.15) is 10.4 Å². The first-order chi connectivity index (χ1) is 12.3. The Kier molecular flexibility index (Phi) is 5.63. The first-order valence-corrected chi connectivity index (χ1v) is 8.97. The third-order valence-corrected chi connectivity index (χ3v) is 4.12. The maximum Gasteiger partial charge on any atom is 0.251 e. The topological polar surface area (TPSA) is 84.7 Å². The number of aromatic nitrogens is 4. The first-order valence-electron chi connectivity index (χ1n) is 7.75. The van der Waals surface area contributed by atoms with Crippen LogP contribution in [-0.2, 0) is 0 Å². The Morgan fingerprint density at radius 1 is 1.08 bits per heavy atom. The van der Waals surface area contributed by atoms with Gasteiger partial charge in [-0.1, -0.05) is 11.8 Å². The Labute approximate surface area is 149 Å². The van der Waals surface area contributed by atoms with Crippen molar-refractivity contribution in [1.82, 2.24) is 24.8 Å². The van der Waals surface area contributed by atoms with Gasteiger partial charge in [0.1, 0.15) is 0 Å². The molecule has 0 saturated carbocycles. The van der Waals surface area contributed by atoms with Crippen molar-refractivity contribution < 1.29 is 4.79 Å². The van der Waals surface area contributed by atoms with Crippen LogP contribution in [0.3, 0.4) is 0 Å². The van der Waals surface area contributed by atoms with Crippen LogP contribution in [-0.4, -0.2) is 44.8 Å². The van der Waals surface area contributed by atoms with Gasteiger partial charge in [0.25, 0.3) is 5.91 Å². The molecule has 0 saturated heterocycles. The molecule has 1 aromatic carbocycles. The van der Waals surface area contributed by atoms with Gasteiger partial charge in [0.05, 0.1) is 0 Å². The second-order valence-corrected chi connectivity index (χ2v) is 5.86. The van der Waals surface area contributed by atoms with Gasteiger partial charge in [-0.15, -0.1) is 0 Å². The van der Waals surface area contributed by atoms with E-state index in [1.54, 1.807) is 36.4 Å². The minimum absolute atomic E-state index is 0.113. The van der Waals surface area contributed by atoms with Gasteiger partial charge in [-0.3, -0.25) is 9.36 Å². The van der Waals surface area contributed by atoms with E-state index in [1.807, 2.05) is 41.3 Å². The number of rotatable bonds is 7. The summed E-state index contributed by atoms with van der Waals surface area (Å²) in [6, 6.07) is 9.19. The van der Waals surface area contributed by atoms with Crippen molar-refractivity contribution in [3.8, 4) is 5.69 Å². The predicted octanol–water partition coefficient (Wildman–Crippen LogP) is 2.23. The number of imidazole rings is 1. The van der Waals surface area contributed by atoms with E-state index in [1.165, 1.54) is 0 Å². The van der Waals surface area contributed by atoms with Gasteiger partial charge in [-0.05, 0) is 36.6 Å². The molecule has 7 nitrogen and oxygen atoms in total. The molecule has 0 unspecified atom stereocenters. The van der Waals surface area contributed by atoms with Crippen molar-refractivity contribution in [1.29, 1.82) is 0 Å². The number of benzene rings is 1. The van der Waals surface area contributed by atoms with Crippen molar-refractivity contribution in [2.45, 2.75) is 5.16 Å². The third-order valence-electron chi connectivity index (χ3n) is 3.46. The van der Waals surface area contributed by atoms with E-state index in [9.17, 15) is 4.79 Å². The van der Waals surface area contributed by atoms with Crippen LogP contribution >= 0.6 is 11.8 Å².